The van der Waals surface area contributed by atoms with Gasteiger partial charge in [0.2, 0.25) is 0 Å². The summed E-state index contributed by atoms with van der Waals surface area (Å²) in [6.07, 6.45) is 1.17. The molecule has 0 bridgehead atoms. The highest BCUT2D eigenvalue weighted by molar-refractivity contribution is 5.80. The molecule has 6 nitrogen and oxygen atoms in total. The molecule has 0 amide bonds. The number of nitrogens with zero attached hydrogens (tertiary/aromatic N) is 3. The molecule has 1 aromatic rings. The molecule has 1 atom stereocenters. The number of benzene rings is 1. The first-order chi connectivity index (χ1) is 12.8. The first-order valence-corrected chi connectivity index (χ1v) is 9.74. The lowest BCUT2D eigenvalue weighted by molar-refractivity contribution is 0.122. The molecule has 144 valence electrons. The fourth-order valence-electron chi connectivity index (χ4n) is 3.62. The second kappa shape index (κ2) is 9.78. The monoisotopic (exact) mass is 360 g/mol. The molecule has 2 fully saturated rings. The molecule has 1 N–H and O–H groups in total. The van der Waals surface area contributed by atoms with Crippen LogP contribution >= 0.6 is 0 Å². The van der Waals surface area contributed by atoms with Gasteiger partial charge in [-0.15, -0.1) is 0 Å². The van der Waals surface area contributed by atoms with Crippen LogP contribution in [0.1, 0.15) is 18.9 Å². The number of hydrogen-bond acceptors (Lipinski definition) is 4. The van der Waals surface area contributed by atoms with Crippen LogP contribution in [-0.4, -0.2) is 70.5 Å². The minimum absolute atomic E-state index is 0.608. The van der Waals surface area contributed by atoms with Crippen molar-refractivity contribution in [1.82, 2.24) is 10.2 Å². The molecule has 0 aliphatic carbocycles. The van der Waals surface area contributed by atoms with Crippen molar-refractivity contribution in [3.63, 3.8) is 0 Å². The fraction of sp³-hybridized carbons (Fsp3) is 0.650. The van der Waals surface area contributed by atoms with Crippen LogP contribution in [0, 0.1) is 5.92 Å². The van der Waals surface area contributed by atoms with Gasteiger partial charge >= 0.3 is 0 Å². The van der Waals surface area contributed by atoms with Crippen LogP contribution in [0.3, 0.4) is 0 Å². The van der Waals surface area contributed by atoms with E-state index in [1.54, 1.807) is 7.11 Å². The minimum atomic E-state index is 0.608. The number of hydrogen-bond donors (Lipinski definition) is 1. The van der Waals surface area contributed by atoms with Gasteiger partial charge in [0, 0.05) is 51.4 Å². The number of anilines is 1. The van der Waals surface area contributed by atoms with Crippen molar-refractivity contribution in [3.8, 4) is 0 Å². The van der Waals surface area contributed by atoms with Gasteiger partial charge < -0.3 is 24.6 Å². The molecule has 0 aromatic heterocycles. The molecule has 6 heteroatoms. The predicted octanol–water partition coefficient (Wildman–Crippen LogP) is 1.96. The van der Waals surface area contributed by atoms with Crippen LogP contribution in [0.25, 0.3) is 0 Å². The topological polar surface area (TPSA) is 49.3 Å². The Kier molecular flexibility index (Phi) is 7.14. The van der Waals surface area contributed by atoms with Crippen molar-refractivity contribution >= 4 is 11.6 Å². The summed E-state index contributed by atoms with van der Waals surface area (Å²) in [5.74, 6) is 1.63. The molecule has 1 aromatic carbocycles. The van der Waals surface area contributed by atoms with Crippen LogP contribution in [0.2, 0.25) is 0 Å². The zero-order valence-electron chi connectivity index (χ0n) is 16.1. The summed E-state index contributed by atoms with van der Waals surface area (Å²) in [7, 11) is 1.78. The molecular weight excluding hydrogens is 328 g/mol. The molecule has 2 heterocycles. The average molecular weight is 361 g/mol. The van der Waals surface area contributed by atoms with Gasteiger partial charge in [0.1, 0.15) is 0 Å². The number of ether oxygens (including phenoxy) is 2. The number of aliphatic imine (C=N–C) groups is 1. The summed E-state index contributed by atoms with van der Waals surface area (Å²) in [5, 5.41) is 3.43. The van der Waals surface area contributed by atoms with E-state index < -0.39 is 0 Å². The highest BCUT2D eigenvalue weighted by Gasteiger charge is 2.24. The fourth-order valence-corrected chi connectivity index (χ4v) is 3.62. The van der Waals surface area contributed by atoms with E-state index >= 15 is 0 Å². The third-order valence-corrected chi connectivity index (χ3v) is 5.05. The highest BCUT2D eigenvalue weighted by Crippen LogP contribution is 2.18. The van der Waals surface area contributed by atoms with Crippen LogP contribution in [0.5, 0.6) is 0 Å². The van der Waals surface area contributed by atoms with Gasteiger partial charge in [-0.3, -0.25) is 0 Å². The summed E-state index contributed by atoms with van der Waals surface area (Å²) in [4.78, 5) is 9.59. The molecule has 3 rings (SSSR count). The zero-order chi connectivity index (χ0) is 18.2. The van der Waals surface area contributed by atoms with E-state index in [9.17, 15) is 0 Å². The van der Waals surface area contributed by atoms with Gasteiger partial charge in [0.05, 0.1) is 26.4 Å². The summed E-state index contributed by atoms with van der Waals surface area (Å²) in [6, 6.07) is 8.78. The van der Waals surface area contributed by atoms with E-state index in [0.717, 1.165) is 58.5 Å². The third-order valence-electron chi connectivity index (χ3n) is 5.05. The van der Waals surface area contributed by atoms with E-state index in [1.165, 1.54) is 17.7 Å². The van der Waals surface area contributed by atoms with Crippen molar-refractivity contribution in [2.24, 2.45) is 10.9 Å². The Morgan fingerprint density at radius 1 is 1.23 bits per heavy atom. The van der Waals surface area contributed by atoms with E-state index in [4.69, 9.17) is 14.5 Å². The summed E-state index contributed by atoms with van der Waals surface area (Å²) < 4.78 is 10.7. The molecule has 0 spiro atoms. The maximum absolute atomic E-state index is 5.43. The van der Waals surface area contributed by atoms with Crippen LogP contribution in [0.4, 0.5) is 5.69 Å². The van der Waals surface area contributed by atoms with E-state index in [2.05, 4.69) is 46.3 Å². The number of rotatable bonds is 6. The second-order valence-electron chi connectivity index (χ2n) is 6.99. The lowest BCUT2D eigenvalue weighted by Crippen LogP contribution is -2.40. The molecular formula is C20H32N4O2. The molecule has 2 aliphatic rings. The SMILES string of the molecule is CCNC(=NCc1ccc(N2CCOCC2)cc1)N1CCC(COC)C1. The van der Waals surface area contributed by atoms with Gasteiger partial charge in [0.15, 0.2) is 5.96 Å². The van der Waals surface area contributed by atoms with Gasteiger partial charge in [-0.1, -0.05) is 12.1 Å². The van der Waals surface area contributed by atoms with E-state index in [0.29, 0.717) is 12.5 Å². The highest BCUT2D eigenvalue weighted by atomic mass is 16.5. The first-order valence-electron chi connectivity index (χ1n) is 9.74. The largest absolute Gasteiger partial charge is 0.384 e. The maximum Gasteiger partial charge on any atom is 0.194 e. The number of nitrogens with one attached hydrogen (secondary N) is 1. The average Bonchev–Trinajstić information content (AvgIpc) is 3.15. The second-order valence-corrected chi connectivity index (χ2v) is 6.99. The third kappa shape index (κ3) is 5.11. The van der Waals surface area contributed by atoms with Crippen molar-refractivity contribution in [1.29, 1.82) is 0 Å². The Morgan fingerprint density at radius 3 is 2.69 bits per heavy atom. The van der Waals surface area contributed by atoms with Gasteiger partial charge in [-0.2, -0.15) is 0 Å². The molecule has 1 unspecified atom stereocenters. The molecule has 26 heavy (non-hydrogen) atoms. The Bertz CT molecular complexity index is 570. The standard InChI is InChI=1S/C20H32N4O2/c1-3-21-20(24-9-8-18(15-24)16-25-2)22-14-17-4-6-19(7-5-17)23-10-12-26-13-11-23/h4-7,18H,3,8-16H2,1-2H3,(H,21,22). The molecule has 0 radical (unpaired) electrons. The predicted molar refractivity (Wildman–Crippen MR) is 106 cm³/mol. The molecule has 2 aliphatic heterocycles. The summed E-state index contributed by atoms with van der Waals surface area (Å²) in [6.45, 7) is 10.2. The summed E-state index contributed by atoms with van der Waals surface area (Å²) in [5.41, 5.74) is 2.51. The van der Waals surface area contributed by atoms with Crippen LogP contribution < -0.4 is 10.2 Å². The Labute approximate surface area is 157 Å². The number of guanidine groups is 1. The normalized spacial score (nSPS) is 21.3. The van der Waals surface area contributed by atoms with E-state index in [1.807, 2.05) is 0 Å². The van der Waals surface area contributed by atoms with Crippen molar-refractivity contribution in [2.45, 2.75) is 19.9 Å². The molecule has 2 saturated heterocycles. The summed E-state index contributed by atoms with van der Waals surface area (Å²) >= 11 is 0. The Balaban J connectivity index is 1.58. The molecule has 0 saturated carbocycles. The number of likely N-dealkylation sites (tertiary alicyclic amines) is 1. The van der Waals surface area contributed by atoms with Crippen molar-refractivity contribution in [3.05, 3.63) is 29.8 Å². The zero-order valence-corrected chi connectivity index (χ0v) is 16.1. The van der Waals surface area contributed by atoms with Crippen molar-refractivity contribution in [2.75, 3.05) is 64.6 Å². The number of morpholine rings is 1. The smallest absolute Gasteiger partial charge is 0.194 e. The van der Waals surface area contributed by atoms with Gasteiger partial charge in [-0.25, -0.2) is 4.99 Å². The lowest BCUT2D eigenvalue weighted by atomic mass is 10.1. The van der Waals surface area contributed by atoms with E-state index in [-0.39, 0.29) is 0 Å². The van der Waals surface area contributed by atoms with Crippen LogP contribution in [0.15, 0.2) is 29.3 Å². The maximum atomic E-state index is 5.43. The van der Waals surface area contributed by atoms with Gasteiger partial charge in [0.25, 0.3) is 0 Å². The number of methoxy groups -OCH3 is 1. The minimum Gasteiger partial charge on any atom is -0.384 e. The lowest BCUT2D eigenvalue weighted by Gasteiger charge is -2.28. The first kappa shape index (κ1) is 19.0. The Hall–Kier alpha value is -1.79. The van der Waals surface area contributed by atoms with Crippen LogP contribution in [-0.2, 0) is 16.0 Å². The van der Waals surface area contributed by atoms with Crippen molar-refractivity contribution < 1.29 is 9.47 Å². The Morgan fingerprint density at radius 2 is 2.00 bits per heavy atom. The van der Waals surface area contributed by atoms with Gasteiger partial charge in [-0.05, 0) is 31.0 Å². The quantitative estimate of drug-likeness (QED) is 0.621.